The first kappa shape index (κ1) is 11.3. The number of fused-ring (bicyclic) bond motifs is 1. The molecule has 0 radical (unpaired) electrons. The van der Waals surface area contributed by atoms with Crippen LogP contribution in [0.4, 0.5) is 0 Å². The topological polar surface area (TPSA) is 59.1 Å². The van der Waals surface area contributed by atoms with Crippen LogP contribution in [0.2, 0.25) is 0 Å². The lowest BCUT2D eigenvalue weighted by Crippen LogP contribution is -2.28. The van der Waals surface area contributed by atoms with E-state index in [9.17, 15) is 9.59 Å². The van der Waals surface area contributed by atoms with E-state index in [1.165, 1.54) is 6.92 Å². The van der Waals surface area contributed by atoms with Crippen molar-refractivity contribution in [2.75, 3.05) is 6.54 Å². The predicted molar refractivity (Wildman–Crippen MR) is 64.8 cm³/mol. The van der Waals surface area contributed by atoms with Gasteiger partial charge in [-0.1, -0.05) is 24.3 Å². The molecule has 0 unspecified atom stereocenters. The van der Waals surface area contributed by atoms with E-state index >= 15 is 0 Å². The molecule has 0 aliphatic carbocycles. The lowest BCUT2D eigenvalue weighted by atomic mass is 10.2. The monoisotopic (exact) mass is 228 g/mol. The van der Waals surface area contributed by atoms with E-state index in [0.717, 1.165) is 10.9 Å². The van der Waals surface area contributed by atoms with E-state index in [4.69, 9.17) is 0 Å². The number of amides is 1. The Morgan fingerprint density at radius 1 is 1.18 bits per heavy atom. The molecular weight excluding hydrogens is 216 g/mol. The second-order valence-electron chi connectivity index (χ2n) is 3.77. The molecule has 0 bridgehead atoms. The molecule has 0 saturated carbocycles. The second kappa shape index (κ2) is 4.74. The molecule has 0 saturated heterocycles. The molecular formula is C13H12N2O2. The standard InChI is InChI=1S/C13H12N2O2/c1-9(16)8-14-13(17)12-7-6-10-4-2-3-5-11(10)15-12/h2-7H,8H2,1H3,(H,14,17). The van der Waals surface area contributed by atoms with Crippen molar-refractivity contribution in [1.29, 1.82) is 0 Å². The molecule has 1 aromatic heterocycles. The van der Waals surface area contributed by atoms with Crippen LogP contribution in [0.15, 0.2) is 36.4 Å². The summed E-state index contributed by atoms with van der Waals surface area (Å²) in [6, 6.07) is 11.0. The number of carbonyl (C=O) groups is 2. The van der Waals surface area contributed by atoms with Crippen LogP contribution in [0.5, 0.6) is 0 Å². The smallest absolute Gasteiger partial charge is 0.270 e. The summed E-state index contributed by atoms with van der Waals surface area (Å²) in [4.78, 5) is 26.7. The van der Waals surface area contributed by atoms with Gasteiger partial charge in [0.15, 0.2) is 0 Å². The molecule has 0 fully saturated rings. The quantitative estimate of drug-likeness (QED) is 0.867. The van der Waals surface area contributed by atoms with Gasteiger partial charge < -0.3 is 5.32 Å². The number of hydrogen-bond donors (Lipinski definition) is 1. The number of para-hydroxylation sites is 1. The molecule has 2 aromatic rings. The highest BCUT2D eigenvalue weighted by molar-refractivity contribution is 5.96. The summed E-state index contributed by atoms with van der Waals surface area (Å²) in [6.07, 6.45) is 0. The molecule has 1 N–H and O–H groups in total. The molecule has 0 spiro atoms. The largest absolute Gasteiger partial charge is 0.344 e. The number of carbonyl (C=O) groups excluding carboxylic acids is 2. The van der Waals surface area contributed by atoms with Crippen LogP contribution in [0, 0.1) is 0 Å². The fourth-order valence-electron chi connectivity index (χ4n) is 1.49. The summed E-state index contributed by atoms with van der Waals surface area (Å²) < 4.78 is 0. The Morgan fingerprint density at radius 2 is 1.94 bits per heavy atom. The third-order valence-electron chi connectivity index (χ3n) is 2.33. The van der Waals surface area contributed by atoms with Crippen LogP contribution < -0.4 is 5.32 Å². The summed E-state index contributed by atoms with van der Waals surface area (Å²) >= 11 is 0. The van der Waals surface area contributed by atoms with Crippen LogP contribution in [0.3, 0.4) is 0 Å². The van der Waals surface area contributed by atoms with Crippen molar-refractivity contribution in [3.05, 3.63) is 42.1 Å². The molecule has 1 heterocycles. The summed E-state index contributed by atoms with van der Waals surface area (Å²) in [7, 11) is 0. The Morgan fingerprint density at radius 3 is 2.71 bits per heavy atom. The Hall–Kier alpha value is -2.23. The van der Waals surface area contributed by atoms with Gasteiger partial charge in [-0.05, 0) is 19.1 Å². The van der Waals surface area contributed by atoms with Crippen molar-refractivity contribution in [2.45, 2.75) is 6.92 Å². The van der Waals surface area contributed by atoms with E-state index in [-0.39, 0.29) is 18.2 Å². The van der Waals surface area contributed by atoms with Gasteiger partial charge in [-0.2, -0.15) is 0 Å². The molecule has 2 rings (SSSR count). The fourth-order valence-corrected chi connectivity index (χ4v) is 1.49. The number of aromatic nitrogens is 1. The Bertz CT molecular complexity index is 578. The van der Waals surface area contributed by atoms with Crippen LogP contribution >= 0.6 is 0 Å². The first-order chi connectivity index (χ1) is 8.16. The van der Waals surface area contributed by atoms with Gasteiger partial charge in [-0.3, -0.25) is 9.59 Å². The third kappa shape index (κ3) is 2.66. The average molecular weight is 228 g/mol. The number of nitrogens with zero attached hydrogens (tertiary/aromatic N) is 1. The van der Waals surface area contributed by atoms with Crippen molar-refractivity contribution in [2.24, 2.45) is 0 Å². The van der Waals surface area contributed by atoms with E-state index in [2.05, 4.69) is 10.3 Å². The van der Waals surface area contributed by atoms with E-state index < -0.39 is 0 Å². The number of pyridine rings is 1. The number of Topliss-reactive ketones (excluding diaryl/α,β-unsaturated/α-hetero) is 1. The maximum Gasteiger partial charge on any atom is 0.270 e. The Balaban J connectivity index is 2.24. The summed E-state index contributed by atoms with van der Waals surface area (Å²) in [6.45, 7) is 1.46. The molecule has 1 amide bonds. The number of ketones is 1. The summed E-state index contributed by atoms with van der Waals surface area (Å²) in [5.74, 6) is -0.412. The highest BCUT2D eigenvalue weighted by Gasteiger charge is 2.07. The van der Waals surface area contributed by atoms with Crippen LogP contribution in [-0.2, 0) is 4.79 Å². The van der Waals surface area contributed by atoms with Crippen molar-refractivity contribution >= 4 is 22.6 Å². The number of rotatable bonds is 3. The van der Waals surface area contributed by atoms with Gasteiger partial charge in [0.2, 0.25) is 0 Å². The van der Waals surface area contributed by atoms with E-state index in [0.29, 0.717) is 5.69 Å². The molecule has 0 aliphatic rings. The minimum absolute atomic E-state index is 0.0351. The van der Waals surface area contributed by atoms with Gasteiger partial charge in [0.1, 0.15) is 11.5 Å². The number of nitrogens with one attached hydrogen (secondary N) is 1. The molecule has 17 heavy (non-hydrogen) atoms. The third-order valence-corrected chi connectivity index (χ3v) is 2.33. The normalized spacial score (nSPS) is 10.2. The Kier molecular flexibility index (Phi) is 3.14. The highest BCUT2D eigenvalue weighted by Crippen LogP contribution is 2.11. The van der Waals surface area contributed by atoms with Crippen molar-refractivity contribution in [3.8, 4) is 0 Å². The van der Waals surface area contributed by atoms with Gasteiger partial charge >= 0.3 is 0 Å². The lowest BCUT2D eigenvalue weighted by Gasteiger charge is -2.03. The zero-order valence-electron chi connectivity index (χ0n) is 9.43. The van der Waals surface area contributed by atoms with E-state index in [1.807, 2.05) is 30.3 Å². The van der Waals surface area contributed by atoms with E-state index in [1.54, 1.807) is 6.07 Å². The number of benzene rings is 1. The molecule has 0 atom stereocenters. The van der Waals surface area contributed by atoms with Gasteiger partial charge in [0.05, 0.1) is 12.1 Å². The molecule has 4 heteroatoms. The number of hydrogen-bond acceptors (Lipinski definition) is 3. The minimum Gasteiger partial charge on any atom is -0.344 e. The fraction of sp³-hybridized carbons (Fsp3) is 0.154. The summed E-state index contributed by atoms with van der Waals surface area (Å²) in [5.41, 5.74) is 1.09. The van der Waals surface area contributed by atoms with Crippen molar-refractivity contribution < 1.29 is 9.59 Å². The Labute approximate surface area is 98.7 Å². The van der Waals surface area contributed by atoms with Gasteiger partial charge in [0, 0.05) is 5.39 Å². The highest BCUT2D eigenvalue weighted by atomic mass is 16.2. The van der Waals surface area contributed by atoms with Crippen molar-refractivity contribution in [1.82, 2.24) is 10.3 Å². The first-order valence-electron chi connectivity index (χ1n) is 5.30. The van der Waals surface area contributed by atoms with Crippen LogP contribution in [0.1, 0.15) is 17.4 Å². The van der Waals surface area contributed by atoms with Crippen molar-refractivity contribution in [3.63, 3.8) is 0 Å². The maximum atomic E-state index is 11.7. The van der Waals surface area contributed by atoms with Gasteiger partial charge in [0.25, 0.3) is 5.91 Å². The van der Waals surface area contributed by atoms with Gasteiger partial charge in [-0.15, -0.1) is 0 Å². The molecule has 4 nitrogen and oxygen atoms in total. The predicted octanol–water partition coefficient (Wildman–Crippen LogP) is 1.55. The lowest BCUT2D eigenvalue weighted by molar-refractivity contribution is -0.116. The molecule has 0 aliphatic heterocycles. The molecule has 86 valence electrons. The maximum absolute atomic E-state index is 11.7. The average Bonchev–Trinajstić information content (AvgIpc) is 2.35. The van der Waals surface area contributed by atoms with Crippen LogP contribution in [-0.4, -0.2) is 23.2 Å². The van der Waals surface area contributed by atoms with Gasteiger partial charge in [-0.25, -0.2) is 4.98 Å². The van der Waals surface area contributed by atoms with Crippen LogP contribution in [0.25, 0.3) is 10.9 Å². The summed E-state index contributed by atoms with van der Waals surface area (Å²) in [5, 5.41) is 3.49. The molecule has 1 aromatic carbocycles. The minimum atomic E-state index is -0.328. The zero-order chi connectivity index (χ0) is 12.3. The first-order valence-corrected chi connectivity index (χ1v) is 5.30. The zero-order valence-corrected chi connectivity index (χ0v) is 9.43. The SMILES string of the molecule is CC(=O)CNC(=O)c1ccc2ccccc2n1. The second-order valence-corrected chi connectivity index (χ2v) is 3.77.